The van der Waals surface area contributed by atoms with Crippen LogP contribution in [0.4, 0.5) is 0 Å². The maximum Gasteiger partial charge on any atom is 0.254 e. The molecule has 25 heavy (non-hydrogen) atoms. The Labute approximate surface area is 147 Å². The number of hydrogen-bond donors (Lipinski definition) is 1. The van der Waals surface area contributed by atoms with Crippen molar-refractivity contribution in [1.29, 1.82) is 0 Å². The van der Waals surface area contributed by atoms with E-state index in [9.17, 15) is 9.59 Å². The van der Waals surface area contributed by atoms with Gasteiger partial charge in [-0.1, -0.05) is 36.4 Å². The number of hydrogen-bond acceptors (Lipinski definition) is 3. The zero-order valence-electron chi connectivity index (χ0n) is 14.5. The lowest BCUT2D eigenvalue weighted by molar-refractivity contribution is -0.121. The molecule has 0 unspecified atom stereocenters. The number of methoxy groups -OCH3 is 1. The lowest BCUT2D eigenvalue weighted by Crippen LogP contribution is -2.36. The van der Waals surface area contributed by atoms with Crippen molar-refractivity contribution in [3.05, 3.63) is 65.2 Å². The minimum atomic E-state index is -0.275. The van der Waals surface area contributed by atoms with Crippen LogP contribution in [-0.4, -0.2) is 36.9 Å². The Morgan fingerprint density at radius 3 is 2.68 bits per heavy atom. The van der Waals surface area contributed by atoms with Gasteiger partial charge in [0.15, 0.2) is 0 Å². The van der Waals surface area contributed by atoms with E-state index >= 15 is 0 Å². The SMILES string of the molecule is COc1cc(C(=O)N2CCNC(=O)C[C@H]2c2ccccc2)ccc1C. The second-order valence-corrected chi connectivity index (χ2v) is 6.16. The van der Waals surface area contributed by atoms with E-state index in [1.807, 2.05) is 49.4 Å². The number of rotatable bonds is 3. The van der Waals surface area contributed by atoms with Crippen molar-refractivity contribution in [2.45, 2.75) is 19.4 Å². The van der Waals surface area contributed by atoms with E-state index in [2.05, 4.69) is 5.32 Å². The maximum atomic E-state index is 13.2. The van der Waals surface area contributed by atoms with Crippen molar-refractivity contribution in [2.75, 3.05) is 20.2 Å². The predicted octanol–water partition coefficient (Wildman–Crippen LogP) is 2.71. The Morgan fingerprint density at radius 2 is 1.96 bits per heavy atom. The fraction of sp³-hybridized carbons (Fsp3) is 0.300. The molecule has 0 spiro atoms. The summed E-state index contributed by atoms with van der Waals surface area (Å²) in [6, 6.07) is 14.9. The van der Waals surface area contributed by atoms with Crippen LogP contribution in [0, 0.1) is 6.92 Å². The van der Waals surface area contributed by atoms with Gasteiger partial charge in [-0.2, -0.15) is 0 Å². The van der Waals surface area contributed by atoms with Crippen LogP contribution in [-0.2, 0) is 4.79 Å². The lowest BCUT2D eigenvalue weighted by atomic mass is 10.0. The fourth-order valence-corrected chi connectivity index (χ4v) is 3.16. The molecule has 0 aromatic heterocycles. The third kappa shape index (κ3) is 3.65. The molecule has 1 saturated heterocycles. The first-order valence-corrected chi connectivity index (χ1v) is 8.37. The van der Waals surface area contributed by atoms with E-state index in [-0.39, 0.29) is 24.3 Å². The van der Waals surface area contributed by atoms with Crippen molar-refractivity contribution in [3.8, 4) is 5.75 Å². The highest BCUT2D eigenvalue weighted by Gasteiger charge is 2.30. The minimum absolute atomic E-state index is 0.0364. The Balaban J connectivity index is 1.96. The van der Waals surface area contributed by atoms with E-state index in [0.717, 1.165) is 11.1 Å². The van der Waals surface area contributed by atoms with Gasteiger partial charge in [-0.15, -0.1) is 0 Å². The molecule has 0 bridgehead atoms. The van der Waals surface area contributed by atoms with Crippen LogP contribution < -0.4 is 10.1 Å². The highest BCUT2D eigenvalue weighted by Crippen LogP contribution is 2.28. The van der Waals surface area contributed by atoms with Crippen molar-refractivity contribution in [2.24, 2.45) is 0 Å². The zero-order chi connectivity index (χ0) is 17.8. The van der Waals surface area contributed by atoms with E-state index in [0.29, 0.717) is 24.4 Å². The molecule has 5 heteroatoms. The molecular weight excluding hydrogens is 316 g/mol. The molecule has 130 valence electrons. The molecule has 0 saturated carbocycles. The van der Waals surface area contributed by atoms with Crippen LogP contribution >= 0.6 is 0 Å². The average molecular weight is 338 g/mol. The van der Waals surface area contributed by atoms with Gasteiger partial charge in [-0.05, 0) is 30.2 Å². The van der Waals surface area contributed by atoms with E-state index < -0.39 is 0 Å². The van der Waals surface area contributed by atoms with E-state index in [1.54, 1.807) is 18.1 Å². The van der Waals surface area contributed by atoms with Crippen molar-refractivity contribution < 1.29 is 14.3 Å². The Kier molecular flexibility index (Phi) is 5.03. The number of ether oxygens (including phenoxy) is 1. The molecule has 2 aromatic rings. The molecular formula is C20H22N2O3. The molecule has 5 nitrogen and oxygen atoms in total. The first-order valence-electron chi connectivity index (χ1n) is 8.37. The predicted molar refractivity (Wildman–Crippen MR) is 95.6 cm³/mol. The molecule has 1 aliphatic heterocycles. The van der Waals surface area contributed by atoms with Gasteiger partial charge < -0.3 is 15.0 Å². The molecule has 1 aliphatic rings. The van der Waals surface area contributed by atoms with Crippen molar-refractivity contribution in [1.82, 2.24) is 10.2 Å². The fourth-order valence-electron chi connectivity index (χ4n) is 3.16. The summed E-state index contributed by atoms with van der Waals surface area (Å²) in [6.07, 6.45) is 0.263. The van der Waals surface area contributed by atoms with Crippen molar-refractivity contribution >= 4 is 11.8 Å². The topological polar surface area (TPSA) is 58.6 Å². The summed E-state index contributed by atoms with van der Waals surface area (Å²) in [6.45, 7) is 2.87. The summed E-state index contributed by atoms with van der Waals surface area (Å²) in [5.41, 5.74) is 2.51. The molecule has 1 atom stereocenters. The Morgan fingerprint density at radius 1 is 1.20 bits per heavy atom. The molecule has 3 rings (SSSR count). The molecule has 1 N–H and O–H groups in total. The summed E-state index contributed by atoms with van der Waals surface area (Å²) < 4.78 is 5.34. The van der Waals surface area contributed by atoms with Crippen LogP contribution in [0.3, 0.4) is 0 Å². The minimum Gasteiger partial charge on any atom is -0.496 e. The summed E-state index contributed by atoms with van der Waals surface area (Å²) in [7, 11) is 1.60. The first kappa shape index (κ1) is 17.0. The monoisotopic (exact) mass is 338 g/mol. The molecule has 1 heterocycles. The summed E-state index contributed by atoms with van der Waals surface area (Å²) in [4.78, 5) is 27.0. The molecule has 0 aliphatic carbocycles. The summed E-state index contributed by atoms with van der Waals surface area (Å²) >= 11 is 0. The largest absolute Gasteiger partial charge is 0.496 e. The van der Waals surface area contributed by atoms with Gasteiger partial charge in [0.25, 0.3) is 5.91 Å². The molecule has 2 aromatic carbocycles. The van der Waals surface area contributed by atoms with Crippen molar-refractivity contribution in [3.63, 3.8) is 0 Å². The third-order valence-electron chi connectivity index (χ3n) is 4.53. The van der Waals surface area contributed by atoms with E-state index in [4.69, 9.17) is 4.74 Å². The van der Waals surface area contributed by atoms with Gasteiger partial charge in [0.1, 0.15) is 5.75 Å². The molecule has 2 amide bonds. The Hall–Kier alpha value is -2.82. The van der Waals surface area contributed by atoms with Gasteiger partial charge >= 0.3 is 0 Å². The quantitative estimate of drug-likeness (QED) is 0.936. The van der Waals surface area contributed by atoms with Crippen LogP contribution in [0.25, 0.3) is 0 Å². The maximum absolute atomic E-state index is 13.2. The number of benzene rings is 2. The average Bonchev–Trinajstić information content (AvgIpc) is 2.84. The van der Waals surface area contributed by atoms with Crippen LogP contribution in [0.5, 0.6) is 5.75 Å². The smallest absolute Gasteiger partial charge is 0.254 e. The summed E-state index contributed by atoms with van der Waals surface area (Å²) in [5.74, 6) is 0.556. The standard InChI is InChI=1S/C20H22N2O3/c1-14-8-9-16(12-18(14)25-2)20(24)22-11-10-21-19(23)13-17(22)15-6-4-3-5-7-15/h3-9,12,17H,10-11,13H2,1-2H3,(H,21,23)/t17-/m0/s1. The highest BCUT2D eigenvalue weighted by molar-refractivity contribution is 5.95. The van der Waals surface area contributed by atoms with Gasteiger partial charge in [0.2, 0.25) is 5.91 Å². The molecule has 1 fully saturated rings. The molecule has 0 radical (unpaired) electrons. The van der Waals surface area contributed by atoms with Gasteiger partial charge in [0, 0.05) is 18.7 Å². The number of nitrogens with one attached hydrogen (secondary N) is 1. The normalized spacial score (nSPS) is 17.6. The van der Waals surface area contributed by atoms with Crippen LogP contribution in [0.15, 0.2) is 48.5 Å². The second kappa shape index (κ2) is 7.38. The highest BCUT2D eigenvalue weighted by atomic mass is 16.5. The number of amides is 2. The van der Waals surface area contributed by atoms with Crippen LogP contribution in [0.2, 0.25) is 0 Å². The summed E-state index contributed by atoms with van der Waals surface area (Å²) in [5, 5.41) is 2.85. The number of aryl methyl sites for hydroxylation is 1. The van der Waals surface area contributed by atoms with Crippen LogP contribution in [0.1, 0.15) is 33.9 Å². The second-order valence-electron chi connectivity index (χ2n) is 6.16. The lowest BCUT2D eigenvalue weighted by Gasteiger charge is -2.30. The zero-order valence-corrected chi connectivity index (χ0v) is 14.5. The third-order valence-corrected chi connectivity index (χ3v) is 4.53. The number of carbonyl (C=O) groups is 2. The van der Waals surface area contributed by atoms with Gasteiger partial charge in [-0.3, -0.25) is 9.59 Å². The number of nitrogens with zero attached hydrogens (tertiary/aromatic N) is 1. The van der Waals surface area contributed by atoms with Gasteiger partial charge in [0.05, 0.1) is 19.6 Å². The number of carbonyl (C=O) groups excluding carboxylic acids is 2. The first-order chi connectivity index (χ1) is 12.1. The van der Waals surface area contributed by atoms with E-state index in [1.165, 1.54) is 0 Å². The Bertz CT molecular complexity index is 774. The van der Waals surface area contributed by atoms with Gasteiger partial charge in [-0.25, -0.2) is 0 Å².